The number of β-amino-alcohol motifs (C(OH)–C–C–N with tert-alkyl or cyclic N) is 1. The van der Waals surface area contributed by atoms with Crippen molar-refractivity contribution in [2.24, 2.45) is 5.14 Å². The zero-order valence-electron chi connectivity index (χ0n) is 12.5. The molecule has 1 atom stereocenters. The maximum absolute atomic E-state index is 12.5. The molecule has 0 bridgehead atoms. The summed E-state index contributed by atoms with van der Waals surface area (Å²) >= 11 is 0. The van der Waals surface area contributed by atoms with E-state index in [2.05, 4.69) is 4.90 Å². The van der Waals surface area contributed by atoms with Gasteiger partial charge in [-0.1, -0.05) is 12.1 Å². The van der Waals surface area contributed by atoms with E-state index < -0.39 is 16.1 Å². The lowest BCUT2D eigenvalue weighted by Crippen LogP contribution is -2.50. The van der Waals surface area contributed by atoms with Gasteiger partial charge in [0.1, 0.15) is 0 Å². The summed E-state index contributed by atoms with van der Waals surface area (Å²) < 4.78 is 23.2. The maximum Gasteiger partial charge on any atom is 0.255 e. The van der Waals surface area contributed by atoms with Crippen LogP contribution in [0, 0.1) is 0 Å². The topological polar surface area (TPSA) is 104 Å². The minimum absolute atomic E-state index is 0.106. The Morgan fingerprint density at radius 1 is 1.27 bits per heavy atom. The van der Waals surface area contributed by atoms with Crippen LogP contribution in [-0.2, 0) is 10.0 Å². The molecule has 8 heteroatoms. The van der Waals surface area contributed by atoms with Gasteiger partial charge in [0.15, 0.2) is 0 Å². The third-order valence-electron chi connectivity index (χ3n) is 3.61. The van der Waals surface area contributed by atoms with Crippen LogP contribution in [-0.4, -0.2) is 68.1 Å². The number of aliphatic hydroxyl groups is 1. The van der Waals surface area contributed by atoms with Crippen LogP contribution in [0.25, 0.3) is 0 Å². The number of hydrogen-bond donors (Lipinski definition) is 2. The first-order chi connectivity index (χ1) is 10.3. The van der Waals surface area contributed by atoms with Crippen molar-refractivity contribution in [2.75, 3.05) is 32.7 Å². The number of rotatable bonds is 4. The van der Waals surface area contributed by atoms with Gasteiger partial charge in [-0.05, 0) is 19.1 Å². The fourth-order valence-electron chi connectivity index (χ4n) is 2.57. The third kappa shape index (κ3) is 4.04. The highest BCUT2D eigenvalue weighted by atomic mass is 32.2. The van der Waals surface area contributed by atoms with Gasteiger partial charge in [-0.3, -0.25) is 9.69 Å². The number of sulfonamides is 1. The second-order valence-electron chi connectivity index (χ2n) is 5.48. The molecule has 1 saturated heterocycles. The average Bonchev–Trinajstić information content (AvgIpc) is 2.46. The molecule has 0 spiro atoms. The SMILES string of the molecule is CC(O)CN1CCN(C(=O)c2ccccc2S(N)(=O)=O)CC1. The lowest BCUT2D eigenvalue weighted by molar-refractivity contribution is 0.0551. The molecule has 3 N–H and O–H groups in total. The minimum atomic E-state index is -3.93. The highest BCUT2D eigenvalue weighted by Crippen LogP contribution is 2.17. The van der Waals surface area contributed by atoms with Gasteiger partial charge < -0.3 is 10.0 Å². The minimum Gasteiger partial charge on any atom is -0.392 e. The highest BCUT2D eigenvalue weighted by Gasteiger charge is 2.26. The summed E-state index contributed by atoms with van der Waals surface area (Å²) in [5, 5.41) is 14.5. The quantitative estimate of drug-likeness (QED) is 0.774. The van der Waals surface area contributed by atoms with E-state index in [0.717, 1.165) is 0 Å². The van der Waals surface area contributed by atoms with Crippen molar-refractivity contribution < 1.29 is 18.3 Å². The monoisotopic (exact) mass is 327 g/mol. The van der Waals surface area contributed by atoms with Crippen LogP contribution in [0.15, 0.2) is 29.2 Å². The van der Waals surface area contributed by atoms with Crippen LogP contribution in [0.2, 0.25) is 0 Å². The standard InChI is InChI=1S/C14H21N3O4S/c1-11(18)10-16-6-8-17(9-7-16)14(19)12-4-2-3-5-13(12)22(15,20)21/h2-5,11,18H,6-10H2,1H3,(H2,15,20,21). The summed E-state index contributed by atoms with van der Waals surface area (Å²) in [5.41, 5.74) is 0.106. The Hall–Kier alpha value is -1.48. The van der Waals surface area contributed by atoms with Crippen molar-refractivity contribution in [2.45, 2.75) is 17.9 Å². The molecule has 1 amide bonds. The molecule has 1 unspecified atom stereocenters. The number of carbonyl (C=O) groups excluding carboxylic acids is 1. The summed E-state index contributed by atoms with van der Waals surface area (Å²) in [6.07, 6.45) is -0.412. The molecule has 0 saturated carbocycles. The van der Waals surface area contributed by atoms with Crippen molar-refractivity contribution >= 4 is 15.9 Å². The highest BCUT2D eigenvalue weighted by molar-refractivity contribution is 7.89. The summed E-state index contributed by atoms with van der Waals surface area (Å²) in [5.74, 6) is -0.332. The molecule has 7 nitrogen and oxygen atoms in total. The number of piperazine rings is 1. The summed E-state index contributed by atoms with van der Waals surface area (Å²) in [7, 11) is -3.93. The molecular weight excluding hydrogens is 306 g/mol. The van der Waals surface area contributed by atoms with Crippen molar-refractivity contribution in [3.05, 3.63) is 29.8 Å². The fraction of sp³-hybridized carbons (Fsp3) is 0.500. The number of hydrogen-bond acceptors (Lipinski definition) is 5. The third-order valence-corrected chi connectivity index (χ3v) is 4.57. The van der Waals surface area contributed by atoms with Crippen LogP contribution in [0.4, 0.5) is 0 Å². The average molecular weight is 327 g/mol. The van der Waals surface area contributed by atoms with Crippen molar-refractivity contribution in [3.63, 3.8) is 0 Å². The molecule has 1 aliphatic heterocycles. The molecule has 1 aromatic rings. The van der Waals surface area contributed by atoms with E-state index in [4.69, 9.17) is 5.14 Å². The lowest BCUT2D eigenvalue weighted by Gasteiger charge is -2.35. The van der Waals surface area contributed by atoms with E-state index >= 15 is 0 Å². The van der Waals surface area contributed by atoms with Gasteiger partial charge in [0.2, 0.25) is 10.0 Å². The van der Waals surface area contributed by atoms with E-state index in [1.807, 2.05) is 0 Å². The van der Waals surface area contributed by atoms with E-state index in [1.54, 1.807) is 17.9 Å². The van der Waals surface area contributed by atoms with Crippen molar-refractivity contribution in [3.8, 4) is 0 Å². The molecule has 1 fully saturated rings. The number of nitrogens with two attached hydrogens (primary N) is 1. The predicted molar refractivity (Wildman–Crippen MR) is 81.8 cm³/mol. The number of carbonyl (C=O) groups is 1. The van der Waals surface area contributed by atoms with Crippen LogP contribution in [0.3, 0.4) is 0 Å². The number of aliphatic hydroxyl groups excluding tert-OH is 1. The lowest BCUT2D eigenvalue weighted by atomic mass is 10.1. The second kappa shape index (κ2) is 6.74. The smallest absolute Gasteiger partial charge is 0.255 e. The molecule has 122 valence electrons. The first-order valence-electron chi connectivity index (χ1n) is 7.10. The molecular formula is C14H21N3O4S. The number of benzene rings is 1. The molecule has 1 aliphatic rings. The Labute approximate surface area is 130 Å². The Balaban J connectivity index is 2.11. The number of nitrogens with zero attached hydrogens (tertiary/aromatic N) is 2. The summed E-state index contributed by atoms with van der Waals surface area (Å²) in [6, 6.07) is 5.97. The van der Waals surface area contributed by atoms with E-state index in [9.17, 15) is 18.3 Å². The second-order valence-corrected chi connectivity index (χ2v) is 7.01. The predicted octanol–water partition coefficient (Wildman–Crippen LogP) is -0.527. The van der Waals surface area contributed by atoms with Gasteiger partial charge >= 0.3 is 0 Å². The van der Waals surface area contributed by atoms with Crippen molar-refractivity contribution in [1.29, 1.82) is 0 Å². The zero-order chi connectivity index (χ0) is 16.3. The summed E-state index contributed by atoms with van der Waals surface area (Å²) in [6.45, 7) is 4.56. The molecule has 1 heterocycles. The molecule has 0 aromatic heterocycles. The Kier molecular flexibility index (Phi) is 5.17. The Morgan fingerprint density at radius 3 is 2.41 bits per heavy atom. The van der Waals surface area contributed by atoms with Crippen LogP contribution >= 0.6 is 0 Å². The molecule has 1 aromatic carbocycles. The number of amides is 1. The van der Waals surface area contributed by atoms with Gasteiger partial charge in [-0.2, -0.15) is 0 Å². The first kappa shape index (κ1) is 16.9. The van der Waals surface area contributed by atoms with Gasteiger partial charge in [-0.15, -0.1) is 0 Å². The van der Waals surface area contributed by atoms with Crippen LogP contribution < -0.4 is 5.14 Å². The molecule has 0 radical (unpaired) electrons. The Morgan fingerprint density at radius 2 is 1.86 bits per heavy atom. The van der Waals surface area contributed by atoms with E-state index in [-0.39, 0.29) is 16.4 Å². The molecule has 22 heavy (non-hydrogen) atoms. The van der Waals surface area contributed by atoms with Crippen LogP contribution in [0.1, 0.15) is 17.3 Å². The zero-order valence-corrected chi connectivity index (χ0v) is 13.3. The fourth-order valence-corrected chi connectivity index (χ4v) is 3.30. The number of primary sulfonamides is 1. The molecule has 0 aliphatic carbocycles. The van der Waals surface area contributed by atoms with Gasteiger partial charge in [0.25, 0.3) is 5.91 Å². The van der Waals surface area contributed by atoms with Gasteiger partial charge in [0.05, 0.1) is 16.6 Å². The largest absolute Gasteiger partial charge is 0.392 e. The summed E-state index contributed by atoms with van der Waals surface area (Å²) in [4.78, 5) is 16.1. The Bertz CT molecular complexity index is 637. The normalized spacial score (nSPS) is 18.2. The van der Waals surface area contributed by atoms with Crippen LogP contribution in [0.5, 0.6) is 0 Å². The maximum atomic E-state index is 12.5. The van der Waals surface area contributed by atoms with E-state index in [1.165, 1.54) is 18.2 Å². The van der Waals surface area contributed by atoms with Gasteiger partial charge in [-0.25, -0.2) is 13.6 Å². The first-order valence-corrected chi connectivity index (χ1v) is 8.65. The molecule has 2 rings (SSSR count). The van der Waals surface area contributed by atoms with Crippen molar-refractivity contribution in [1.82, 2.24) is 9.80 Å². The van der Waals surface area contributed by atoms with Gasteiger partial charge in [0, 0.05) is 32.7 Å². The van der Waals surface area contributed by atoms with E-state index in [0.29, 0.717) is 32.7 Å².